The number of piperidine rings is 1. The van der Waals surface area contributed by atoms with Gasteiger partial charge in [-0.2, -0.15) is 5.10 Å². The Kier molecular flexibility index (Phi) is 9.29. The van der Waals surface area contributed by atoms with E-state index in [2.05, 4.69) is 30.9 Å². The maximum atomic E-state index is 12.7. The molecule has 9 nitrogen and oxygen atoms in total. The molecule has 2 heterocycles. The Labute approximate surface area is 220 Å². The molecule has 0 radical (unpaired) electrons. The van der Waals surface area contributed by atoms with Gasteiger partial charge >= 0.3 is 12.2 Å². The van der Waals surface area contributed by atoms with E-state index in [1.165, 1.54) is 7.11 Å². The molecular formula is C27H30ClN5O4. The zero-order valence-electron chi connectivity index (χ0n) is 20.6. The van der Waals surface area contributed by atoms with Crippen molar-refractivity contribution in [3.05, 3.63) is 77.1 Å². The lowest BCUT2D eigenvalue weighted by Crippen LogP contribution is -2.47. The largest absolute Gasteiger partial charge is 0.453 e. The minimum absolute atomic E-state index is 0.189. The first-order valence-corrected chi connectivity index (χ1v) is 12.5. The van der Waals surface area contributed by atoms with Crippen LogP contribution in [0.1, 0.15) is 24.1 Å². The number of halogens is 1. The lowest BCUT2D eigenvalue weighted by molar-refractivity contribution is 0.129. The monoisotopic (exact) mass is 523 g/mol. The third-order valence-corrected chi connectivity index (χ3v) is 6.56. The van der Waals surface area contributed by atoms with Gasteiger partial charge in [-0.25, -0.2) is 9.59 Å². The number of methoxy groups -OCH3 is 1. The highest BCUT2D eigenvalue weighted by molar-refractivity contribution is 6.32. The Morgan fingerprint density at radius 3 is 2.59 bits per heavy atom. The molecule has 1 aliphatic heterocycles. The van der Waals surface area contributed by atoms with Crippen LogP contribution in [0.5, 0.6) is 0 Å². The summed E-state index contributed by atoms with van der Waals surface area (Å²) in [6, 6.07) is 18.4. The van der Waals surface area contributed by atoms with E-state index in [0.29, 0.717) is 23.4 Å². The highest BCUT2D eigenvalue weighted by Crippen LogP contribution is 2.28. The number of hydrogen-bond acceptors (Lipinski definition) is 7. The van der Waals surface area contributed by atoms with Crippen molar-refractivity contribution in [2.45, 2.75) is 31.9 Å². The van der Waals surface area contributed by atoms with Crippen molar-refractivity contribution in [2.24, 2.45) is 5.92 Å². The third kappa shape index (κ3) is 7.65. The summed E-state index contributed by atoms with van der Waals surface area (Å²) in [5.41, 5.74) is 3.76. The number of rotatable bonds is 8. The number of hydrogen-bond donors (Lipinski definition) is 3. The van der Waals surface area contributed by atoms with Crippen molar-refractivity contribution >= 4 is 29.5 Å². The van der Waals surface area contributed by atoms with Crippen LogP contribution in [0, 0.1) is 5.92 Å². The van der Waals surface area contributed by atoms with Crippen LogP contribution >= 0.6 is 11.6 Å². The number of carbonyl (C=O) groups is 2. The van der Waals surface area contributed by atoms with E-state index in [0.717, 1.165) is 37.1 Å². The van der Waals surface area contributed by atoms with E-state index in [-0.39, 0.29) is 23.7 Å². The molecule has 2 aromatic carbocycles. The lowest BCUT2D eigenvalue weighted by Gasteiger charge is -2.31. The van der Waals surface area contributed by atoms with Crippen LogP contribution in [-0.2, 0) is 22.5 Å². The molecule has 1 aromatic heterocycles. The van der Waals surface area contributed by atoms with Gasteiger partial charge in [0, 0.05) is 23.7 Å². The molecular weight excluding hydrogens is 494 g/mol. The predicted octanol–water partition coefficient (Wildman–Crippen LogP) is 4.81. The summed E-state index contributed by atoms with van der Waals surface area (Å²) >= 11 is 6.38. The molecule has 1 fully saturated rings. The van der Waals surface area contributed by atoms with Crippen molar-refractivity contribution < 1.29 is 19.1 Å². The van der Waals surface area contributed by atoms with Crippen LogP contribution in [0.3, 0.4) is 0 Å². The molecule has 0 aliphatic carbocycles. The standard InChI is InChI=1S/C27H30ClN5O4/c1-36-26(34)30-21-11-9-19(10-12-21)23-14-22(32-33-25(23)28)15-24(20-8-5-13-29-16-20)31-27(35)37-17-18-6-3-2-4-7-18/h2-4,6-7,9-12,14,20,24,29H,5,8,13,15-17H2,1H3,(H,30,34)(H,31,35)/t20?,24-/m0/s1. The minimum Gasteiger partial charge on any atom is -0.453 e. The number of anilines is 1. The molecule has 1 aliphatic rings. The number of alkyl carbamates (subject to hydrolysis) is 1. The fraction of sp³-hybridized carbons (Fsp3) is 0.333. The van der Waals surface area contributed by atoms with Gasteiger partial charge in [0.25, 0.3) is 0 Å². The van der Waals surface area contributed by atoms with Crippen LogP contribution in [-0.4, -0.2) is 48.6 Å². The van der Waals surface area contributed by atoms with Gasteiger partial charge in [0.2, 0.25) is 0 Å². The van der Waals surface area contributed by atoms with Crippen LogP contribution < -0.4 is 16.0 Å². The number of aromatic nitrogens is 2. The van der Waals surface area contributed by atoms with E-state index in [1.807, 2.05) is 48.5 Å². The normalized spacial score (nSPS) is 15.9. The van der Waals surface area contributed by atoms with Crippen molar-refractivity contribution in [3.63, 3.8) is 0 Å². The van der Waals surface area contributed by atoms with Gasteiger partial charge in [0.1, 0.15) is 6.61 Å². The molecule has 2 atom stereocenters. The smallest absolute Gasteiger partial charge is 0.411 e. The second-order valence-electron chi connectivity index (χ2n) is 8.86. The summed E-state index contributed by atoms with van der Waals surface area (Å²) in [6.07, 6.45) is 1.49. The zero-order chi connectivity index (χ0) is 26.0. The van der Waals surface area contributed by atoms with Crippen LogP contribution in [0.2, 0.25) is 5.15 Å². The maximum Gasteiger partial charge on any atom is 0.411 e. The molecule has 0 spiro atoms. The Bertz CT molecular complexity index is 1190. The molecule has 37 heavy (non-hydrogen) atoms. The number of amides is 2. The first-order valence-electron chi connectivity index (χ1n) is 12.2. The number of benzene rings is 2. The summed E-state index contributed by atoms with van der Waals surface area (Å²) in [5, 5.41) is 17.8. The Balaban J connectivity index is 1.47. The molecule has 10 heteroatoms. The molecule has 3 aromatic rings. The van der Waals surface area contributed by atoms with Crippen LogP contribution in [0.25, 0.3) is 11.1 Å². The molecule has 1 saturated heterocycles. The summed E-state index contributed by atoms with van der Waals surface area (Å²) in [5.74, 6) is 0.225. The van der Waals surface area contributed by atoms with E-state index < -0.39 is 12.2 Å². The molecule has 2 amide bonds. The number of nitrogens with zero attached hydrogens (tertiary/aromatic N) is 2. The van der Waals surface area contributed by atoms with Gasteiger partial charge < -0.3 is 20.1 Å². The van der Waals surface area contributed by atoms with Gasteiger partial charge in [-0.1, -0.05) is 54.1 Å². The van der Waals surface area contributed by atoms with E-state index >= 15 is 0 Å². The average Bonchev–Trinajstić information content (AvgIpc) is 2.94. The van der Waals surface area contributed by atoms with E-state index in [4.69, 9.17) is 16.3 Å². The number of ether oxygens (including phenoxy) is 2. The lowest BCUT2D eigenvalue weighted by atomic mass is 9.88. The summed E-state index contributed by atoms with van der Waals surface area (Å²) in [4.78, 5) is 24.1. The second kappa shape index (κ2) is 13.0. The molecule has 4 rings (SSSR count). The van der Waals surface area contributed by atoms with Crippen molar-refractivity contribution in [3.8, 4) is 11.1 Å². The Hall–Kier alpha value is -3.69. The molecule has 0 saturated carbocycles. The number of nitrogens with one attached hydrogen (secondary N) is 3. The molecule has 0 bridgehead atoms. The second-order valence-corrected chi connectivity index (χ2v) is 9.22. The highest BCUT2D eigenvalue weighted by atomic mass is 35.5. The molecule has 1 unspecified atom stereocenters. The first-order chi connectivity index (χ1) is 18.0. The van der Waals surface area contributed by atoms with E-state index in [1.54, 1.807) is 12.1 Å². The maximum absolute atomic E-state index is 12.7. The van der Waals surface area contributed by atoms with E-state index in [9.17, 15) is 9.59 Å². The summed E-state index contributed by atoms with van der Waals surface area (Å²) < 4.78 is 10.1. The fourth-order valence-corrected chi connectivity index (χ4v) is 4.52. The van der Waals surface area contributed by atoms with Crippen molar-refractivity contribution in [1.29, 1.82) is 0 Å². The molecule has 194 valence electrons. The topological polar surface area (TPSA) is 114 Å². The summed E-state index contributed by atoms with van der Waals surface area (Å²) in [6.45, 7) is 1.97. The summed E-state index contributed by atoms with van der Waals surface area (Å²) in [7, 11) is 1.31. The fourth-order valence-electron chi connectivity index (χ4n) is 4.32. The van der Waals surface area contributed by atoms with Crippen molar-refractivity contribution in [1.82, 2.24) is 20.8 Å². The molecule has 3 N–H and O–H groups in total. The predicted molar refractivity (Wildman–Crippen MR) is 141 cm³/mol. The quantitative estimate of drug-likeness (QED) is 0.388. The highest BCUT2D eigenvalue weighted by Gasteiger charge is 2.27. The zero-order valence-corrected chi connectivity index (χ0v) is 21.3. The van der Waals surface area contributed by atoms with Crippen LogP contribution in [0.4, 0.5) is 15.3 Å². The van der Waals surface area contributed by atoms with Gasteiger partial charge in [0.15, 0.2) is 5.15 Å². The van der Waals surface area contributed by atoms with Crippen LogP contribution in [0.15, 0.2) is 60.7 Å². The van der Waals surface area contributed by atoms with Gasteiger partial charge in [0.05, 0.1) is 12.8 Å². The Morgan fingerprint density at radius 1 is 1.11 bits per heavy atom. The van der Waals surface area contributed by atoms with Gasteiger partial charge in [-0.15, -0.1) is 5.10 Å². The van der Waals surface area contributed by atoms with Gasteiger partial charge in [-0.05, 0) is 61.2 Å². The SMILES string of the molecule is COC(=O)Nc1ccc(-c2cc(C[C@H](NC(=O)OCc3ccccc3)C3CCCNC3)nnc2Cl)cc1. The third-order valence-electron chi connectivity index (χ3n) is 6.28. The van der Waals surface area contributed by atoms with Gasteiger partial charge in [-0.3, -0.25) is 5.32 Å². The van der Waals surface area contributed by atoms with Crippen molar-refractivity contribution in [2.75, 3.05) is 25.5 Å². The first kappa shape index (κ1) is 26.4. The Morgan fingerprint density at radius 2 is 1.89 bits per heavy atom. The average molecular weight is 524 g/mol. The number of carbonyl (C=O) groups excluding carboxylic acids is 2. The minimum atomic E-state index is -0.545.